The molecule has 0 saturated carbocycles. The average Bonchev–Trinajstić information content (AvgIpc) is 2.59. The molecule has 0 bridgehead atoms. The summed E-state index contributed by atoms with van der Waals surface area (Å²) in [5, 5.41) is 0. The van der Waals surface area contributed by atoms with Gasteiger partial charge in [0.1, 0.15) is 5.82 Å². The van der Waals surface area contributed by atoms with Gasteiger partial charge in [-0.05, 0) is 56.2 Å². The molecule has 0 nitrogen and oxygen atoms in total. The predicted molar refractivity (Wildman–Crippen MR) is 109 cm³/mol. The van der Waals surface area contributed by atoms with Crippen LogP contribution in [0, 0.1) is 17.7 Å². The fourth-order valence-corrected chi connectivity index (χ4v) is 2.45. The van der Waals surface area contributed by atoms with Gasteiger partial charge < -0.3 is 0 Å². The van der Waals surface area contributed by atoms with E-state index in [4.69, 9.17) is 0 Å². The van der Waals surface area contributed by atoms with Crippen LogP contribution in [0.3, 0.4) is 0 Å². The summed E-state index contributed by atoms with van der Waals surface area (Å²) in [7, 11) is 0. The maximum atomic E-state index is 13.0. The molecule has 24 heavy (non-hydrogen) atoms. The highest BCUT2D eigenvalue weighted by atomic mass is 19.1. The molecular weight excluding hydrogens is 295 g/mol. The van der Waals surface area contributed by atoms with E-state index in [-0.39, 0.29) is 5.82 Å². The first kappa shape index (κ1) is 24.9. The molecule has 1 aromatic rings. The number of rotatable bonds is 7. The van der Waals surface area contributed by atoms with E-state index in [1.807, 2.05) is 58.1 Å². The summed E-state index contributed by atoms with van der Waals surface area (Å²) in [4.78, 5) is 0. The molecule has 1 aromatic carbocycles. The van der Waals surface area contributed by atoms with Crippen LogP contribution in [0.4, 0.5) is 4.39 Å². The smallest absolute Gasteiger partial charge is 0.123 e. The first-order valence-electron chi connectivity index (χ1n) is 9.53. The van der Waals surface area contributed by atoms with Gasteiger partial charge >= 0.3 is 0 Å². The van der Waals surface area contributed by atoms with Gasteiger partial charge in [-0.1, -0.05) is 83.9 Å². The molecule has 0 N–H and O–H groups in total. The van der Waals surface area contributed by atoms with Gasteiger partial charge in [0.05, 0.1) is 0 Å². The minimum absolute atomic E-state index is 0.117. The van der Waals surface area contributed by atoms with Crippen LogP contribution < -0.4 is 0 Å². The van der Waals surface area contributed by atoms with Crippen molar-refractivity contribution < 1.29 is 4.39 Å². The maximum absolute atomic E-state index is 13.0. The summed E-state index contributed by atoms with van der Waals surface area (Å²) in [6.07, 6.45) is 12.7. The third kappa shape index (κ3) is 14.2. The molecule has 0 aromatic heterocycles. The lowest BCUT2D eigenvalue weighted by Gasteiger charge is -2.20. The lowest BCUT2D eigenvalue weighted by Crippen LogP contribution is -2.09. The third-order valence-corrected chi connectivity index (χ3v) is 3.79. The zero-order chi connectivity index (χ0) is 18.8. The summed E-state index contributed by atoms with van der Waals surface area (Å²) in [6.45, 7) is 14.8. The van der Waals surface area contributed by atoms with Crippen LogP contribution in [0.1, 0.15) is 73.3 Å². The Balaban J connectivity index is 0. The Morgan fingerprint density at radius 1 is 1.00 bits per heavy atom. The SMILES string of the molecule is C/C=C\C=C/C.CC.CCCC(CCc1cccc(F)c1)C(C)C. The largest absolute Gasteiger partial charge is 0.207 e. The molecule has 0 radical (unpaired) electrons. The molecule has 0 aliphatic carbocycles. The van der Waals surface area contributed by atoms with Gasteiger partial charge in [-0.2, -0.15) is 0 Å². The fourth-order valence-electron chi connectivity index (χ4n) is 2.45. The second-order valence-corrected chi connectivity index (χ2v) is 6.01. The van der Waals surface area contributed by atoms with Crippen LogP contribution in [0.15, 0.2) is 48.6 Å². The van der Waals surface area contributed by atoms with Crippen LogP contribution >= 0.6 is 0 Å². The van der Waals surface area contributed by atoms with Crippen molar-refractivity contribution in [3.8, 4) is 0 Å². The van der Waals surface area contributed by atoms with Crippen LogP contribution in [-0.4, -0.2) is 0 Å². The number of allylic oxidation sites excluding steroid dienone is 4. The summed E-state index contributed by atoms with van der Waals surface area (Å²) in [5.41, 5.74) is 1.13. The van der Waals surface area contributed by atoms with E-state index in [1.165, 1.54) is 25.3 Å². The van der Waals surface area contributed by atoms with Crippen molar-refractivity contribution in [3.63, 3.8) is 0 Å². The third-order valence-electron chi connectivity index (χ3n) is 3.79. The lowest BCUT2D eigenvalue weighted by molar-refractivity contribution is 0.334. The van der Waals surface area contributed by atoms with Gasteiger partial charge in [0.2, 0.25) is 0 Å². The molecular formula is C23H39F. The second kappa shape index (κ2) is 18.0. The number of benzene rings is 1. The predicted octanol–water partition coefficient (Wildman–Crippen LogP) is 8.00. The monoisotopic (exact) mass is 334 g/mol. The Kier molecular flexibility index (Phi) is 18.6. The number of aryl methyl sites for hydroxylation is 1. The van der Waals surface area contributed by atoms with Gasteiger partial charge in [0.15, 0.2) is 0 Å². The van der Waals surface area contributed by atoms with Crippen molar-refractivity contribution in [3.05, 3.63) is 60.0 Å². The highest BCUT2D eigenvalue weighted by Crippen LogP contribution is 2.23. The minimum atomic E-state index is -0.117. The van der Waals surface area contributed by atoms with Gasteiger partial charge in [-0.3, -0.25) is 0 Å². The van der Waals surface area contributed by atoms with E-state index < -0.39 is 0 Å². The van der Waals surface area contributed by atoms with Crippen LogP contribution in [0.5, 0.6) is 0 Å². The van der Waals surface area contributed by atoms with Crippen LogP contribution in [-0.2, 0) is 6.42 Å². The van der Waals surface area contributed by atoms with Gasteiger partial charge in [0.25, 0.3) is 0 Å². The molecule has 138 valence electrons. The topological polar surface area (TPSA) is 0 Å². The van der Waals surface area contributed by atoms with Crippen LogP contribution in [0.25, 0.3) is 0 Å². The van der Waals surface area contributed by atoms with Crippen LogP contribution in [0.2, 0.25) is 0 Å². The Bertz CT molecular complexity index is 419. The molecule has 1 heteroatoms. The molecule has 0 aliphatic rings. The van der Waals surface area contributed by atoms with Crippen molar-refractivity contribution in [2.75, 3.05) is 0 Å². The maximum Gasteiger partial charge on any atom is 0.123 e. The zero-order valence-corrected chi connectivity index (χ0v) is 17.0. The van der Waals surface area contributed by atoms with Crippen molar-refractivity contribution in [2.24, 2.45) is 11.8 Å². The fraction of sp³-hybridized carbons (Fsp3) is 0.565. The summed E-state index contributed by atoms with van der Waals surface area (Å²) in [5.74, 6) is 1.39. The zero-order valence-electron chi connectivity index (χ0n) is 17.0. The quantitative estimate of drug-likeness (QED) is 0.443. The molecule has 0 heterocycles. The van der Waals surface area contributed by atoms with Crippen molar-refractivity contribution >= 4 is 0 Å². The summed E-state index contributed by atoms with van der Waals surface area (Å²) in [6, 6.07) is 6.99. The van der Waals surface area contributed by atoms with E-state index in [9.17, 15) is 4.39 Å². The van der Waals surface area contributed by atoms with E-state index >= 15 is 0 Å². The van der Waals surface area contributed by atoms with Crippen molar-refractivity contribution in [2.45, 2.75) is 74.1 Å². The molecule has 0 fully saturated rings. The Morgan fingerprint density at radius 2 is 1.58 bits per heavy atom. The Labute approximate surface area is 150 Å². The standard InChI is InChI=1S/C15H23F.C6H10.C2H6/c1-4-6-14(12(2)3)10-9-13-7-5-8-15(16)11-13;1-3-5-6-4-2;1-2/h5,7-8,11-12,14H,4,6,9-10H2,1-3H3;3-6H,1-2H3;1-2H3/b;5-3-,6-4-;. The molecule has 1 unspecified atom stereocenters. The Hall–Kier alpha value is -1.37. The molecule has 1 rings (SSSR count). The van der Waals surface area contributed by atoms with E-state index in [0.29, 0.717) is 0 Å². The minimum Gasteiger partial charge on any atom is -0.207 e. The van der Waals surface area contributed by atoms with E-state index in [2.05, 4.69) is 20.8 Å². The molecule has 0 aliphatic heterocycles. The first-order chi connectivity index (χ1) is 11.5. The highest BCUT2D eigenvalue weighted by Gasteiger charge is 2.12. The molecule has 0 saturated heterocycles. The molecule has 0 spiro atoms. The summed E-state index contributed by atoms with van der Waals surface area (Å²) < 4.78 is 13.0. The lowest BCUT2D eigenvalue weighted by atomic mass is 9.86. The number of hydrogen-bond donors (Lipinski definition) is 0. The van der Waals surface area contributed by atoms with E-state index in [0.717, 1.165) is 23.8 Å². The van der Waals surface area contributed by atoms with E-state index in [1.54, 1.807) is 12.1 Å². The van der Waals surface area contributed by atoms with Crippen molar-refractivity contribution in [1.82, 2.24) is 0 Å². The highest BCUT2D eigenvalue weighted by molar-refractivity contribution is 5.16. The summed E-state index contributed by atoms with van der Waals surface area (Å²) >= 11 is 0. The molecule has 1 atom stereocenters. The number of hydrogen-bond acceptors (Lipinski definition) is 0. The second-order valence-electron chi connectivity index (χ2n) is 6.01. The Morgan fingerprint density at radius 3 is 2.00 bits per heavy atom. The van der Waals surface area contributed by atoms with Gasteiger partial charge in [-0.15, -0.1) is 0 Å². The molecule has 0 amide bonds. The normalized spacial score (nSPS) is 11.9. The average molecular weight is 335 g/mol. The van der Waals surface area contributed by atoms with Gasteiger partial charge in [0, 0.05) is 0 Å². The number of halogens is 1. The first-order valence-corrected chi connectivity index (χ1v) is 9.53. The van der Waals surface area contributed by atoms with Gasteiger partial charge in [-0.25, -0.2) is 4.39 Å². The van der Waals surface area contributed by atoms with Crippen molar-refractivity contribution in [1.29, 1.82) is 0 Å².